The molecule has 0 aliphatic heterocycles. The minimum atomic E-state index is -1.41. The van der Waals surface area contributed by atoms with Crippen LogP contribution in [0.25, 0.3) is 0 Å². The summed E-state index contributed by atoms with van der Waals surface area (Å²) in [6, 6.07) is 8.45. The summed E-state index contributed by atoms with van der Waals surface area (Å²) in [6.07, 6.45) is 3.69. The van der Waals surface area contributed by atoms with Crippen molar-refractivity contribution in [2.75, 3.05) is 0 Å². The largest absolute Gasteiger partial charge is 0.444 e. The van der Waals surface area contributed by atoms with Gasteiger partial charge in [-0.15, -0.1) is 0 Å². The van der Waals surface area contributed by atoms with Crippen LogP contribution in [0.5, 0.6) is 0 Å². The fourth-order valence-corrected chi connectivity index (χ4v) is 2.67. The lowest BCUT2D eigenvalue weighted by atomic mass is 9.95. The third-order valence-corrected chi connectivity index (χ3v) is 3.77. The molecule has 0 heterocycles. The first kappa shape index (κ1) is 16.2. The molecular formula is C17H21NO4. The maximum atomic E-state index is 12.4. The molecule has 0 saturated heterocycles. The molecule has 1 fully saturated rings. The highest BCUT2D eigenvalue weighted by molar-refractivity contribution is 6.13. The first-order valence-corrected chi connectivity index (χ1v) is 7.65. The van der Waals surface area contributed by atoms with Crippen LogP contribution in [0.4, 0.5) is 0 Å². The monoisotopic (exact) mass is 303 g/mol. The Hall–Kier alpha value is -2.17. The lowest BCUT2D eigenvalue weighted by molar-refractivity contribution is -0.151. The van der Waals surface area contributed by atoms with E-state index in [-0.39, 0.29) is 6.04 Å². The fraction of sp³-hybridized carbons (Fsp3) is 0.471. The van der Waals surface area contributed by atoms with Crippen molar-refractivity contribution in [3.8, 4) is 0 Å². The number of carbonyl (C=O) groups is 3. The third-order valence-electron chi connectivity index (χ3n) is 3.77. The number of benzene rings is 1. The minimum absolute atomic E-state index is 0.0582. The lowest BCUT2D eigenvalue weighted by Crippen LogP contribution is -2.47. The molecule has 0 spiro atoms. The molecule has 1 unspecified atom stereocenters. The Morgan fingerprint density at radius 2 is 1.73 bits per heavy atom. The molecule has 0 aromatic heterocycles. The summed E-state index contributed by atoms with van der Waals surface area (Å²) in [4.78, 5) is 36.0. The second kappa shape index (κ2) is 7.73. The van der Waals surface area contributed by atoms with Gasteiger partial charge in [-0.25, -0.2) is 0 Å². The molecule has 1 aromatic carbocycles. The number of hydrogen-bond donors (Lipinski definition) is 1. The van der Waals surface area contributed by atoms with Gasteiger partial charge in [-0.3, -0.25) is 14.4 Å². The minimum Gasteiger partial charge on any atom is -0.444 e. The number of esters is 1. The van der Waals surface area contributed by atoms with Gasteiger partial charge < -0.3 is 10.1 Å². The number of Topliss-reactive ketones (excluding diaryl/α,β-unsaturated/α-hetero) is 1. The molecule has 1 N–H and O–H groups in total. The van der Waals surface area contributed by atoms with Crippen molar-refractivity contribution in [1.29, 1.82) is 0 Å². The molecule has 1 aliphatic rings. The zero-order valence-corrected chi connectivity index (χ0v) is 12.7. The normalized spacial score (nSPS) is 16.6. The van der Waals surface area contributed by atoms with E-state index in [9.17, 15) is 14.4 Å². The third kappa shape index (κ3) is 4.41. The van der Waals surface area contributed by atoms with E-state index in [0.29, 0.717) is 5.56 Å². The summed E-state index contributed by atoms with van der Waals surface area (Å²) in [7, 11) is 0. The zero-order chi connectivity index (χ0) is 15.9. The average molecular weight is 303 g/mol. The second-order valence-electron chi connectivity index (χ2n) is 5.56. The molecule has 1 atom stereocenters. The van der Waals surface area contributed by atoms with E-state index in [4.69, 9.17) is 4.74 Å². The molecule has 2 rings (SSSR count). The number of ether oxygens (including phenoxy) is 1. The van der Waals surface area contributed by atoms with Crippen molar-refractivity contribution in [3.05, 3.63) is 35.9 Å². The van der Waals surface area contributed by atoms with Crippen LogP contribution in [0.15, 0.2) is 30.3 Å². The van der Waals surface area contributed by atoms with Crippen LogP contribution in [0.3, 0.4) is 0 Å². The van der Waals surface area contributed by atoms with Crippen molar-refractivity contribution in [2.24, 2.45) is 0 Å². The Morgan fingerprint density at radius 1 is 1.09 bits per heavy atom. The summed E-state index contributed by atoms with van der Waals surface area (Å²) in [5, 5.41) is 2.84. The summed E-state index contributed by atoms with van der Waals surface area (Å²) in [5.74, 6) is -1.67. The maximum absolute atomic E-state index is 12.4. The predicted octanol–water partition coefficient (Wildman–Crippen LogP) is 2.25. The van der Waals surface area contributed by atoms with E-state index in [0.717, 1.165) is 25.7 Å². The standard InChI is InChI=1S/C17H21NO4/c1-12(19)22-16(15(20)13-8-4-2-5-9-13)17(21)18-14-10-6-3-7-11-14/h2,4-5,8-9,14,16H,3,6-7,10-11H2,1H3,(H,18,21). The van der Waals surface area contributed by atoms with Gasteiger partial charge in [-0.05, 0) is 12.8 Å². The SMILES string of the molecule is CC(=O)OC(C(=O)NC1CCCCC1)C(=O)c1ccccc1. The molecule has 0 radical (unpaired) electrons. The molecule has 22 heavy (non-hydrogen) atoms. The highest BCUT2D eigenvalue weighted by atomic mass is 16.5. The summed E-state index contributed by atoms with van der Waals surface area (Å²) < 4.78 is 4.97. The molecular weight excluding hydrogens is 282 g/mol. The topological polar surface area (TPSA) is 72.5 Å². The smallest absolute Gasteiger partial charge is 0.303 e. The molecule has 1 aromatic rings. The van der Waals surface area contributed by atoms with Gasteiger partial charge in [0.25, 0.3) is 5.91 Å². The van der Waals surface area contributed by atoms with E-state index < -0.39 is 23.8 Å². The molecule has 1 saturated carbocycles. The molecule has 118 valence electrons. The maximum Gasteiger partial charge on any atom is 0.303 e. The highest BCUT2D eigenvalue weighted by Gasteiger charge is 2.32. The van der Waals surface area contributed by atoms with Gasteiger partial charge in [0, 0.05) is 18.5 Å². The van der Waals surface area contributed by atoms with Crippen molar-refractivity contribution < 1.29 is 19.1 Å². The molecule has 1 amide bonds. The molecule has 5 heteroatoms. The van der Waals surface area contributed by atoms with Gasteiger partial charge in [0.1, 0.15) is 0 Å². The zero-order valence-electron chi connectivity index (χ0n) is 12.7. The van der Waals surface area contributed by atoms with Gasteiger partial charge in [0.2, 0.25) is 11.9 Å². The van der Waals surface area contributed by atoms with Gasteiger partial charge in [0.05, 0.1) is 0 Å². The molecule has 1 aliphatic carbocycles. The quantitative estimate of drug-likeness (QED) is 0.514. The number of rotatable bonds is 5. The lowest BCUT2D eigenvalue weighted by Gasteiger charge is -2.25. The first-order valence-electron chi connectivity index (χ1n) is 7.65. The van der Waals surface area contributed by atoms with E-state index in [1.165, 1.54) is 13.3 Å². The fourth-order valence-electron chi connectivity index (χ4n) is 2.67. The van der Waals surface area contributed by atoms with E-state index >= 15 is 0 Å². The van der Waals surface area contributed by atoms with Crippen LogP contribution in [0.2, 0.25) is 0 Å². The van der Waals surface area contributed by atoms with Gasteiger partial charge in [0.15, 0.2) is 0 Å². The van der Waals surface area contributed by atoms with E-state index in [2.05, 4.69) is 5.32 Å². The molecule has 0 bridgehead atoms. The number of carbonyl (C=O) groups excluding carboxylic acids is 3. The molecule has 5 nitrogen and oxygen atoms in total. The Balaban J connectivity index is 2.09. The van der Waals surface area contributed by atoms with Crippen LogP contribution in [-0.4, -0.2) is 29.8 Å². The van der Waals surface area contributed by atoms with Crippen molar-refractivity contribution >= 4 is 17.7 Å². The van der Waals surface area contributed by atoms with Crippen LogP contribution in [0, 0.1) is 0 Å². The van der Waals surface area contributed by atoms with Crippen LogP contribution >= 0.6 is 0 Å². The van der Waals surface area contributed by atoms with E-state index in [1.807, 2.05) is 0 Å². The van der Waals surface area contributed by atoms with Crippen LogP contribution in [0.1, 0.15) is 49.4 Å². The van der Waals surface area contributed by atoms with Crippen molar-refractivity contribution in [3.63, 3.8) is 0 Å². The highest BCUT2D eigenvalue weighted by Crippen LogP contribution is 2.18. The Morgan fingerprint density at radius 3 is 2.32 bits per heavy atom. The summed E-state index contributed by atoms with van der Waals surface area (Å²) >= 11 is 0. The van der Waals surface area contributed by atoms with Crippen molar-refractivity contribution in [1.82, 2.24) is 5.32 Å². The number of nitrogens with one attached hydrogen (secondary N) is 1. The number of ketones is 1. The van der Waals surface area contributed by atoms with Crippen LogP contribution in [-0.2, 0) is 14.3 Å². The van der Waals surface area contributed by atoms with Crippen LogP contribution < -0.4 is 5.32 Å². The number of amides is 1. The van der Waals surface area contributed by atoms with Gasteiger partial charge in [-0.2, -0.15) is 0 Å². The summed E-state index contributed by atoms with van der Waals surface area (Å²) in [6.45, 7) is 1.19. The summed E-state index contributed by atoms with van der Waals surface area (Å²) in [5.41, 5.74) is 0.354. The van der Waals surface area contributed by atoms with Crippen molar-refractivity contribution in [2.45, 2.75) is 51.2 Å². The van der Waals surface area contributed by atoms with E-state index in [1.54, 1.807) is 30.3 Å². The predicted molar refractivity (Wildman–Crippen MR) is 81.3 cm³/mol. The van der Waals surface area contributed by atoms with Gasteiger partial charge >= 0.3 is 5.97 Å². The average Bonchev–Trinajstić information content (AvgIpc) is 2.53. The Bertz CT molecular complexity index is 535. The Labute approximate surface area is 130 Å². The van der Waals surface area contributed by atoms with Gasteiger partial charge in [-0.1, -0.05) is 49.6 Å². The number of hydrogen-bond acceptors (Lipinski definition) is 4. The Kier molecular flexibility index (Phi) is 5.69. The first-order chi connectivity index (χ1) is 10.6. The second-order valence-corrected chi connectivity index (χ2v) is 5.56.